The highest BCUT2D eigenvalue weighted by atomic mass is 19.4. The molecular weight excluding hydrogens is 461 g/mol. The van der Waals surface area contributed by atoms with Crippen LogP contribution in [0, 0.1) is 5.92 Å². The lowest BCUT2D eigenvalue weighted by Crippen LogP contribution is -2.61. The summed E-state index contributed by atoms with van der Waals surface area (Å²) in [5.41, 5.74) is -0.695. The quantitative estimate of drug-likeness (QED) is 0.597. The van der Waals surface area contributed by atoms with Crippen LogP contribution in [-0.4, -0.2) is 37.1 Å². The van der Waals surface area contributed by atoms with Crippen LogP contribution in [0.15, 0.2) is 48.5 Å². The van der Waals surface area contributed by atoms with Crippen LogP contribution in [0.1, 0.15) is 49.7 Å². The number of ether oxygens (including phenoxy) is 1. The van der Waals surface area contributed by atoms with Gasteiger partial charge in [-0.25, -0.2) is 4.79 Å². The van der Waals surface area contributed by atoms with Crippen LogP contribution in [0.3, 0.4) is 0 Å². The van der Waals surface area contributed by atoms with Crippen LogP contribution in [0.25, 0.3) is 11.1 Å². The number of alkyl halides is 3. The van der Waals surface area contributed by atoms with Gasteiger partial charge in [0.1, 0.15) is 6.04 Å². The molecule has 186 valence electrons. The Bertz CT molecular complexity index is 1080. The van der Waals surface area contributed by atoms with Crippen LogP contribution < -0.4 is 10.6 Å². The first kappa shape index (κ1) is 24.8. The summed E-state index contributed by atoms with van der Waals surface area (Å²) in [5, 5.41) is 4.62. The average molecular weight is 489 g/mol. The fourth-order valence-corrected chi connectivity index (χ4v) is 5.29. The van der Waals surface area contributed by atoms with E-state index in [-0.39, 0.29) is 17.0 Å². The van der Waals surface area contributed by atoms with E-state index >= 15 is 0 Å². The van der Waals surface area contributed by atoms with Crippen molar-refractivity contribution < 1.29 is 32.3 Å². The molecule has 2 amide bonds. The van der Waals surface area contributed by atoms with E-state index in [1.807, 2.05) is 5.32 Å². The first-order valence-corrected chi connectivity index (χ1v) is 11.7. The molecule has 0 aromatic heterocycles. The molecule has 2 aliphatic rings. The van der Waals surface area contributed by atoms with E-state index in [9.17, 15) is 27.6 Å². The van der Waals surface area contributed by atoms with E-state index in [0.717, 1.165) is 32.1 Å². The minimum Gasteiger partial charge on any atom is -0.467 e. The van der Waals surface area contributed by atoms with Gasteiger partial charge in [0, 0.05) is 0 Å². The third-order valence-electron chi connectivity index (χ3n) is 6.94. The first-order chi connectivity index (χ1) is 16.7. The first-order valence-electron chi connectivity index (χ1n) is 11.7. The maximum atomic E-state index is 13.9. The van der Waals surface area contributed by atoms with E-state index in [2.05, 4.69) is 5.32 Å². The van der Waals surface area contributed by atoms with E-state index < -0.39 is 35.5 Å². The number of carbonyl (C=O) groups excluding carboxylic acids is 3. The maximum Gasteiger partial charge on any atom is 0.471 e. The number of hydrogen-bond donors (Lipinski definition) is 2. The van der Waals surface area contributed by atoms with Gasteiger partial charge in [0.15, 0.2) is 5.54 Å². The molecule has 0 radical (unpaired) electrons. The van der Waals surface area contributed by atoms with Gasteiger partial charge >= 0.3 is 18.1 Å². The molecule has 2 N–H and O–H groups in total. The molecule has 0 unspecified atom stereocenters. The Labute approximate surface area is 201 Å². The predicted octanol–water partition coefficient (Wildman–Crippen LogP) is 4.22. The monoisotopic (exact) mass is 488 g/mol. The van der Waals surface area contributed by atoms with Gasteiger partial charge in [-0.3, -0.25) is 9.59 Å². The molecule has 0 saturated heterocycles. The molecule has 1 fully saturated rings. The third-order valence-corrected chi connectivity index (χ3v) is 6.94. The molecule has 35 heavy (non-hydrogen) atoms. The zero-order valence-corrected chi connectivity index (χ0v) is 19.3. The van der Waals surface area contributed by atoms with E-state index in [1.165, 1.54) is 19.2 Å². The Kier molecular flexibility index (Phi) is 6.87. The van der Waals surface area contributed by atoms with Gasteiger partial charge in [0.05, 0.1) is 7.11 Å². The van der Waals surface area contributed by atoms with Crippen LogP contribution in [-0.2, 0) is 24.7 Å². The van der Waals surface area contributed by atoms with Crippen LogP contribution in [0.5, 0.6) is 0 Å². The normalized spacial score (nSPS) is 17.6. The highest BCUT2D eigenvalue weighted by Crippen LogP contribution is 2.48. The van der Waals surface area contributed by atoms with E-state index in [0.29, 0.717) is 17.5 Å². The van der Waals surface area contributed by atoms with Crippen molar-refractivity contribution in [2.75, 3.05) is 7.11 Å². The highest BCUT2D eigenvalue weighted by Gasteiger charge is 2.54. The molecule has 2 aliphatic carbocycles. The molecule has 0 aliphatic heterocycles. The van der Waals surface area contributed by atoms with Crippen molar-refractivity contribution in [1.82, 2.24) is 10.6 Å². The smallest absolute Gasteiger partial charge is 0.467 e. The number of rotatable bonds is 6. The Morgan fingerprint density at radius 3 is 2.03 bits per heavy atom. The van der Waals surface area contributed by atoms with Gasteiger partial charge in [-0.2, -0.15) is 13.2 Å². The largest absolute Gasteiger partial charge is 0.471 e. The molecule has 1 atom stereocenters. The van der Waals surface area contributed by atoms with E-state index in [1.54, 1.807) is 36.4 Å². The second-order valence-corrected chi connectivity index (χ2v) is 9.08. The second-order valence-electron chi connectivity index (χ2n) is 9.08. The van der Waals surface area contributed by atoms with Crippen molar-refractivity contribution in [1.29, 1.82) is 0 Å². The van der Waals surface area contributed by atoms with Crippen LogP contribution in [0.4, 0.5) is 13.2 Å². The Morgan fingerprint density at radius 2 is 1.51 bits per heavy atom. The van der Waals surface area contributed by atoms with Crippen molar-refractivity contribution in [3.8, 4) is 11.1 Å². The van der Waals surface area contributed by atoms with Crippen molar-refractivity contribution in [2.45, 2.75) is 56.3 Å². The van der Waals surface area contributed by atoms with Crippen molar-refractivity contribution in [3.63, 3.8) is 0 Å². The average Bonchev–Trinajstić information content (AvgIpc) is 3.14. The van der Waals surface area contributed by atoms with Crippen LogP contribution in [0.2, 0.25) is 0 Å². The Balaban J connectivity index is 1.78. The van der Waals surface area contributed by atoms with Crippen molar-refractivity contribution in [3.05, 3.63) is 59.7 Å². The number of nitrogens with one attached hydrogen (secondary N) is 2. The number of halogens is 3. The van der Waals surface area contributed by atoms with Gasteiger partial charge < -0.3 is 15.4 Å². The fraction of sp³-hybridized carbons (Fsp3) is 0.423. The number of methoxy groups -OCH3 is 1. The number of esters is 1. The molecule has 4 rings (SSSR count). The predicted molar refractivity (Wildman–Crippen MR) is 122 cm³/mol. The lowest BCUT2D eigenvalue weighted by Gasteiger charge is -2.34. The molecule has 0 spiro atoms. The highest BCUT2D eigenvalue weighted by molar-refractivity contribution is 6.04. The lowest BCUT2D eigenvalue weighted by molar-refractivity contribution is -0.176. The zero-order valence-electron chi connectivity index (χ0n) is 19.3. The number of benzene rings is 2. The molecular formula is C26H27F3N2O4. The third kappa shape index (κ3) is 4.63. The van der Waals surface area contributed by atoms with E-state index in [4.69, 9.17) is 4.74 Å². The van der Waals surface area contributed by atoms with Crippen LogP contribution >= 0.6 is 0 Å². The number of hydrogen-bond acceptors (Lipinski definition) is 4. The standard InChI is InChI=1S/C26H27F3N2O4/c1-35-22(32)21(15-16-9-3-2-4-10-16)30-23(33)25(31-24(34)26(27,28)29)19-13-7-5-11-17(19)18-12-6-8-14-20(18)25/h5-8,11-14,16,21H,2-4,9-10,15H2,1H3,(H,30,33)(H,31,34)/t21-/m0/s1. The van der Waals surface area contributed by atoms with Gasteiger partial charge in [-0.05, 0) is 34.6 Å². The number of carbonyl (C=O) groups is 3. The lowest BCUT2D eigenvalue weighted by atomic mass is 9.83. The van der Waals surface area contributed by atoms with Crippen molar-refractivity contribution >= 4 is 17.8 Å². The zero-order chi connectivity index (χ0) is 25.2. The molecule has 2 aromatic carbocycles. The van der Waals surface area contributed by atoms with Gasteiger partial charge in [0.25, 0.3) is 5.91 Å². The summed E-state index contributed by atoms with van der Waals surface area (Å²) in [6, 6.07) is 11.9. The molecule has 6 nitrogen and oxygen atoms in total. The Morgan fingerprint density at radius 1 is 0.971 bits per heavy atom. The summed E-state index contributed by atoms with van der Waals surface area (Å²) in [6.07, 6.45) is 0.00808. The Hall–Kier alpha value is -3.36. The number of amides is 2. The molecule has 9 heteroatoms. The summed E-state index contributed by atoms with van der Waals surface area (Å²) in [5.74, 6) is -3.67. The molecule has 0 heterocycles. The van der Waals surface area contributed by atoms with Crippen molar-refractivity contribution in [2.24, 2.45) is 5.92 Å². The van der Waals surface area contributed by atoms with Gasteiger partial charge in [-0.1, -0.05) is 80.6 Å². The molecule has 1 saturated carbocycles. The van der Waals surface area contributed by atoms with Gasteiger partial charge in [-0.15, -0.1) is 0 Å². The minimum absolute atomic E-state index is 0.178. The summed E-state index contributed by atoms with van der Waals surface area (Å²) in [6.45, 7) is 0. The number of fused-ring (bicyclic) bond motifs is 3. The second kappa shape index (κ2) is 9.71. The molecule has 0 bridgehead atoms. The molecule has 2 aromatic rings. The summed E-state index contributed by atoms with van der Waals surface area (Å²) >= 11 is 0. The SMILES string of the molecule is COC(=O)[C@H](CC1CCCCC1)NC(=O)C1(NC(=O)C(F)(F)F)c2ccccc2-c2ccccc21. The maximum absolute atomic E-state index is 13.9. The fourth-order valence-electron chi connectivity index (χ4n) is 5.29. The summed E-state index contributed by atoms with van der Waals surface area (Å²) < 4.78 is 45.2. The minimum atomic E-state index is -5.22. The summed E-state index contributed by atoms with van der Waals surface area (Å²) in [7, 11) is 1.20. The van der Waals surface area contributed by atoms with Gasteiger partial charge in [0.2, 0.25) is 0 Å². The summed E-state index contributed by atoms with van der Waals surface area (Å²) in [4.78, 5) is 38.8. The topological polar surface area (TPSA) is 84.5 Å².